The molecule has 0 aliphatic carbocycles. The molecule has 70 valence electrons. The highest BCUT2D eigenvalue weighted by Gasteiger charge is 2.22. The van der Waals surface area contributed by atoms with Crippen molar-refractivity contribution >= 4 is 11.9 Å². The number of carboxylic acid groups (broad SMARTS) is 1. The molecule has 4 nitrogen and oxygen atoms in total. The van der Waals surface area contributed by atoms with Gasteiger partial charge in [0, 0.05) is 13.0 Å². The number of hydrogen-bond acceptors (Lipinski definition) is 2. The van der Waals surface area contributed by atoms with Crippen molar-refractivity contribution in [2.24, 2.45) is 5.92 Å². The van der Waals surface area contributed by atoms with Crippen molar-refractivity contribution in [2.45, 2.75) is 26.8 Å². The molecule has 0 aromatic rings. The minimum atomic E-state index is -0.980. The normalized spacial score (nSPS) is 12.8. The van der Waals surface area contributed by atoms with Gasteiger partial charge in [0.05, 0.1) is 0 Å². The summed E-state index contributed by atoms with van der Waals surface area (Å²) in [6, 6.07) is -0.750. The summed E-state index contributed by atoms with van der Waals surface area (Å²) in [5.41, 5.74) is 0. The van der Waals surface area contributed by atoms with E-state index in [1.54, 1.807) is 13.8 Å². The maximum atomic E-state index is 11.3. The molecule has 0 aromatic heterocycles. The first-order valence-corrected chi connectivity index (χ1v) is 3.87. The zero-order valence-corrected chi connectivity index (χ0v) is 7.87. The monoisotopic (exact) mass is 173 g/mol. The molecule has 1 amide bonds. The molecule has 0 rings (SSSR count). The van der Waals surface area contributed by atoms with Crippen LogP contribution in [0.2, 0.25) is 0 Å². The van der Waals surface area contributed by atoms with Crippen LogP contribution < -0.4 is 0 Å². The Labute approximate surface area is 72.2 Å². The molecule has 12 heavy (non-hydrogen) atoms. The van der Waals surface area contributed by atoms with Gasteiger partial charge in [0.25, 0.3) is 0 Å². The average Bonchev–Trinajstić information content (AvgIpc) is 2.00. The van der Waals surface area contributed by atoms with E-state index in [1.807, 2.05) is 0 Å². The van der Waals surface area contributed by atoms with Crippen molar-refractivity contribution in [3.8, 4) is 0 Å². The number of rotatable bonds is 3. The largest absolute Gasteiger partial charge is 0.480 e. The molecule has 0 aromatic carbocycles. The Morgan fingerprint density at radius 3 is 1.92 bits per heavy atom. The number of carboxylic acids is 1. The van der Waals surface area contributed by atoms with Gasteiger partial charge in [-0.1, -0.05) is 13.8 Å². The van der Waals surface area contributed by atoms with Gasteiger partial charge in [0.2, 0.25) is 5.91 Å². The van der Waals surface area contributed by atoms with E-state index < -0.39 is 12.0 Å². The van der Waals surface area contributed by atoms with Crippen molar-refractivity contribution in [1.29, 1.82) is 0 Å². The molecule has 0 radical (unpaired) electrons. The Balaban J connectivity index is 4.29. The highest BCUT2D eigenvalue weighted by molar-refractivity contribution is 5.84. The number of likely N-dealkylation sites (N-methyl/N-ethyl adjacent to an activating group) is 1. The lowest BCUT2D eigenvalue weighted by atomic mass is 10.1. The first-order chi connectivity index (χ1) is 5.37. The highest BCUT2D eigenvalue weighted by Crippen LogP contribution is 2.03. The second kappa shape index (κ2) is 4.09. The minimum absolute atomic E-state index is 0.148. The summed E-state index contributed by atoms with van der Waals surface area (Å²) in [4.78, 5) is 23.0. The van der Waals surface area contributed by atoms with Crippen molar-refractivity contribution in [2.75, 3.05) is 7.05 Å². The summed E-state index contributed by atoms with van der Waals surface area (Å²) in [7, 11) is 1.50. The lowest BCUT2D eigenvalue weighted by Crippen LogP contribution is -2.42. The van der Waals surface area contributed by atoms with Gasteiger partial charge < -0.3 is 10.0 Å². The molecule has 0 aliphatic rings. The molecule has 0 bridgehead atoms. The van der Waals surface area contributed by atoms with E-state index >= 15 is 0 Å². The van der Waals surface area contributed by atoms with Crippen molar-refractivity contribution in [3.05, 3.63) is 0 Å². The van der Waals surface area contributed by atoms with Crippen LogP contribution in [0.15, 0.2) is 0 Å². The van der Waals surface area contributed by atoms with E-state index in [4.69, 9.17) is 5.11 Å². The van der Waals surface area contributed by atoms with Crippen LogP contribution in [-0.2, 0) is 9.59 Å². The fourth-order valence-electron chi connectivity index (χ4n) is 0.764. The molecular formula is C8H15NO3. The zero-order chi connectivity index (χ0) is 9.89. The van der Waals surface area contributed by atoms with Gasteiger partial charge in [-0.25, -0.2) is 4.79 Å². The summed E-state index contributed by atoms with van der Waals surface area (Å²) < 4.78 is 0. The second-order valence-corrected chi connectivity index (χ2v) is 3.12. The Morgan fingerprint density at radius 1 is 1.25 bits per heavy atom. The fraction of sp³-hybridized carbons (Fsp3) is 0.750. The molecule has 0 unspecified atom stereocenters. The van der Waals surface area contributed by atoms with Crippen molar-refractivity contribution in [3.63, 3.8) is 0 Å². The van der Waals surface area contributed by atoms with Gasteiger partial charge in [0.15, 0.2) is 0 Å². The Morgan fingerprint density at radius 2 is 1.67 bits per heavy atom. The van der Waals surface area contributed by atoms with Gasteiger partial charge in [-0.3, -0.25) is 4.79 Å². The summed E-state index contributed by atoms with van der Waals surface area (Å²) >= 11 is 0. The lowest BCUT2D eigenvalue weighted by Gasteiger charge is -2.23. The molecule has 1 atom stereocenters. The van der Waals surface area contributed by atoms with Gasteiger partial charge >= 0.3 is 5.97 Å². The van der Waals surface area contributed by atoms with Crippen LogP contribution >= 0.6 is 0 Å². The average molecular weight is 173 g/mol. The van der Waals surface area contributed by atoms with Crippen LogP contribution in [0.5, 0.6) is 0 Å². The van der Waals surface area contributed by atoms with Crippen LogP contribution in [0.1, 0.15) is 20.8 Å². The Kier molecular flexibility index (Phi) is 3.73. The molecule has 0 fully saturated rings. The number of amides is 1. The molecule has 0 aliphatic heterocycles. The predicted octanol–water partition coefficient (Wildman–Crippen LogP) is 0.574. The van der Waals surface area contributed by atoms with Crippen molar-refractivity contribution in [1.82, 2.24) is 4.90 Å². The quantitative estimate of drug-likeness (QED) is 0.679. The van der Waals surface area contributed by atoms with Crippen LogP contribution in [0.4, 0.5) is 0 Å². The SMILES string of the molecule is CC(C)C(=O)N(C)[C@H](C)C(=O)O. The van der Waals surface area contributed by atoms with Gasteiger partial charge in [-0.2, -0.15) is 0 Å². The van der Waals surface area contributed by atoms with Crippen molar-refractivity contribution < 1.29 is 14.7 Å². The molecular weight excluding hydrogens is 158 g/mol. The summed E-state index contributed by atoms with van der Waals surface area (Å²) in [6.45, 7) is 4.98. The zero-order valence-electron chi connectivity index (χ0n) is 7.87. The summed E-state index contributed by atoms with van der Waals surface area (Å²) in [5, 5.41) is 8.59. The second-order valence-electron chi connectivity index (χ2n) is 3.12. The third kappa shape index (κ3) is 2.53. The number of hydrogen-bond donors (Lipinski definition) is 1. The molecule has 0 heterocycles. The van der Waals surface area contributed by atoms with Gasteiger partial charge in [-0.15, -0.1) is 0 Å². The van der Waals surface area contributed by atoms with E-state index in [9.17, 15) is 9.59 Å². The van der Waals surface area contributed by atoms with E-state index in [0.717, 1.165) is 0 Å². The predicted molar refractivity (Wildman–Crippen MR) is 44.7 cm³/mol. The third-order valence-corrected chi connectivity index (χ3v) is 1.78. The highest BCUT2D eigenvalue weighted by atomic mass is 16.4. The minimum Gasteiger partial charge on any atom is -0.480 e. The first kappa shape index (κ1) is 10.9. The molecule has 0 spiro atoms. The van der Waals surface area contributed by atoms with Gasteiger partial charge in [0.1, 0.15) is 6.04 Å². The summed E-state index contributed by atoms with van der Waals surface area (Å²) in [5.74, 6) is -1.28. The van der Waals surface area contributed by atoms with E-state index in [0.29, 0.717) is 0 Å². The molecule has 0 saturated heterocycles. The number of nitrogens with zero attached hydrogens (tertiary/aromatic N) is 1. The van der Waals surface area contributed by atoms with Crippen LogP contribution in [0, 0.1) is 5.92 Å². The van der Waals surface area contributed by atoms with E-state index in [2.05, 4.69) is 0 Å². The number of carbonyl (C=O) groups is 2. The van der Waals surface area contributed by atoms with Crippen LogP contribution in [-0.4, -0.2) is 35.0 Å². The standard InChI is InChI=1S/C8H15NO3/c1-5(2)7(10)9(4)6(3)8(11)12/h5-6H,1-4H3,(H,11,12)/t6-/m1/s1. The maximum Gasteiger partial charge on any atom is 0.326 e. The Bertz CT molecular complexity index is 189. The fourth-order valence-corrected chi connectivity index (χ4v) is 0.764. The molecule has 1 N–H and O–H groups in total. The third-order valence-electron chi connectivity index (χ3n) is 1.78. The molecule has 4 heteroatoms. The summed E-state index contributed by atoms with van der Waals surface area (Å²) in [6.07, 6.45) is 0. The Hall–Kier alpha value is -1.06. The smallest absolute Gasteiger partial charge is 0.326 e. The van der Waals surface area contributed by atoms with Crippen LogP contribution in [0.25, 0.3) is 0 Å². The molecule has 0 saturated carbocycles. The van der Waals surface area contributed by atoms with E-state index in [1.165, 1.54) is 18.9 Å². The number of aliphatic carboxylic acids is 1. The van der Waals surface area contributed by atoms with E-state index in [-0.39, 0.29) is 11.8 Å². The maximum absolute atomic E-state index is 11.3. The lowest BCUT2D eigenvalue weighted by molar-refractivity contribution is -0.149. The topological polar surface area (TPSA) is 57.6 Å². The first-order valence-electron chi connectivity index (χ1n) is 3.87. The van der Waals surface area contributed by atoms with Crippen LogP contribution in [0.3, 0.4) is 0 Å². The van der Waals surface area contributed by atoms with Gasteiger partial charge in [-0.05, 0) is 6.92 Å². The number of carbonyl (C=O) groups excluding carboxylic acids is 1.